The SMILES string of the molecule is COc1cccc(N2CCC(O)(CN3CCN(C(C)=O)CC(O)(COc4cc(C)cc(C)c4)C3)CC2)c1. The number of aryl methyl sites for hydroxylation is 2. The van der Waals surface area contributed by atoms with Gasteiger partial charge >= 0.3 is 0 Å². The molecule has 2 aromatic rings. The zero-order chi connectivity index (χ0) is 26.6. The predicted molar refractivity (Wildman–Crippen MR) is 144 cm³/mol. The number of hydrogen-bond donors (Lipinski definition) is 2. The highest BCUT2D eigenvalue weighted by Crippen LogP contribution is 2.30. The lowest BCUT2D eigenvalue weighted by molar-refractivity contribution is -0.132. The molecule has 8 nitrogen and oxygen atoms in total. The molecule has 0 spiro atoms. The molecule has 0 saturated carbocycles. The van der Waals surface area contributed by atoms with Gasteiger partial charge in [0.2, 0.25) is 5.91 Å². The average molecular weight is 512 g/mol. The van der Waals surface area contributed by atoms with Crippen LogP contribution in [-0.2, 0) is 4.79 Å². The number of β-amino-alcohol motifs (C(OH)–C–C–N with tert-alkyl or cyclic N) is 2. The smallest absolute Gasteiger partial charge is 0.219 e. The minimum atomic E-state index is -1.25. The number of carbonyl (C=O) groups excluding carboxylic acids is 1. The summed E-state index contributed by atoms with van der Waals surface area (Å²) in [6, 6.07) is 14.0. The lowest BCUT2D eigenvalue weighted by Crippen LogP contribution is -2.55. The fourth-order valence-corrected chi connectivity index (χ4v) is 5.53. The molecule has 1 amide bonds. The molecule has 2 N–H and O–H groups in total. The minimum Gasteiger partial charge on any atom is -0.497 e. The highest BCUT2D eigenvalue weighted by Gasteiger charge is 2.41. The van der Waals surface area contributed by atoms with E-state index in [0.717, 1.165) is 35.7 Å². The first-order valence-corrected chi connectivity index (χ1v) is 13.1. The maximum absolute atomic E-state index is 12.3. The number of aliphatic hydroxyl groups is 2. The molecule has 0 bridgehead atoms. The van der Waals surface area contributed by atoms with Gasteiger partial charge in [0.15, 0.2) is 0 Å². The highest BCUT2D eigenvalue weighted by atomic mass is 16.5. The van der Waals surface area contributed by atoms with E-state index in [1.165, 1.54) is 6.92 Å². The number of methoxy groups -OCH3 is 1. The maximum atomic E-state index is 12.3. The van der Waals surface area contributed by atoms with Gasteiger partial charge in [0, 0.05) is 57.9 Å². The number of hydrogen-bond acceptors (Lipinski definition) is 7. The third-order valence-electron chi connectivity index (χ3n) is 7.47. The summed E-state index contributed by atoms with van der Waals surface area (Å²) in [5.41, 5.74) is 1.16. The van der Waals surface area contributed by atoms with E-state index in [-0.39, 0.29) is 19.1 Å². The van der Waals surface area contributed by atoms with Gasteiger partial charge in [0.25, 0.3) is 0 Å². The molecule has 2 fully saturated rings. The summed E-state index contributed by atoms with van der Waals surface area (Å²) in [5, 5.41) is 23.1. The van der Waals surface area contributed by atoms with Crippen molar-refractivity contribution in [3.05, 3.63) is 53.6 Å². The third kappa shape index (κ3) is 7.15. The Labute approximate surface area is 220 Å². The molecule has 202 valence electrons. The number of benzene rings is 2. The van der Waals surface area contributed by atoms with Gasteiger partial charge in [0.05, 0.1) is 19.3 Å². The van der Waals surface area contributed by atoms with Crippen molar-refractivity contribution in [3.8, 4) is 11.5 Å². The normalized spacial score (nSPS) is 22.4. The van der Waals surface area contributed by atoms with E-state index in [2.05, 4.69) is 21.9 Å². The van der Waals surface area contributed by atoms with E-state index >= 15 is 0 Å². The lowest BCUT2D eigenvalue weighted by atomic mass is 9.90. The molecular weight excluding hydrogens is 470 g/mol. The Hall–Kier alpha value is -2.81. The van der Waals surface area contributed by atoms with E-state index < -0.39 is 11.2 Å². The van der Waals surface area contributed by atoms with Gasteiger partial charge in [-0.05, 0) is 62.1 Å². The van der Waals surface area contributed by atoms with Gasteiger partial charge in [-0.15, -0.1) is 0 Å². The van der Waals surface area contributed by atoms with Gasteiger partial charge in [-0.25, -0.2) is 0 Å². The molecular formula is C29H41N3O5. The molecule has 4 rings (SSSR count). The molecule has 0 radical (unpaired) electrons. The van der Waals surface area contributed by atoms with Crippen LogP contribution in [-0.4, -0.2) is 96.7 Å². The van der Waals surface area contributed by atoms with E-state index in [0.29, 0.717) is 44.8 Å². The zero-order valence-electron chi connectivity index (χ0n) is 22.6. The van der Waals surface area contributed by atoms with Crippen molar-refractivity contribution in [1.29, 1.82) is 0 Å². The van der Waals surface area contributed by atoms with Gasteiger partial charge < -0.3 is 29.5 Å². The summed E-state index contributed by atoms with van der Waals surface area (Å²) in [7, 11) is 1.66. The third-order valence-corrected chi connectivity index (χ3v) is 7.47. The van der Waals surface area contributed by atoms with Crippen LogP contribution in [0.15, 0.2) is 42.5 Å². The zero-order valence-corrected chi connectivity index (χ0v) is 22.6. The van der Waals surface area contributed by atoms with E-state index in [9.17, 15) is 15.0 Å². The highest BCUT2D eigenvalue weighted by molar-refractivity contribution is 5.73. The first-order valence-electron chi connectivity index (χ1n) is 13.1. The predicted octanol–water partition coefficient (Wildman–Crippen LogP) is 2.62. The van der Waals surface area contributed by atoms with Crippen LogP contribution in [0.5, 0.6) is 11.5 Å². The van der Waals surface area contributed by atoms with Crippen LogP contribution in [0, 0.1) is 13.8 Å². The molecule has 8 heteroatoms. The molecule has 2 saturated heterocycles. The van der Waals surface area contributed by atoms with E-state index in [1.807, 2.05) is 44.2 Å². The summed E-state index contributed by atoms with van der Waals surface area (Å²) in [4.78, 5) is 18.3. The molecule has 0 aromatic heterocycles. The van der Waals surface area contributed by atoms with Crippen LogP contribution in [0.1, 0.15) is 30.9 Å². The quantitative estimate of drug-likeness (QED) is 0.591. The first-order chi connectivity index (χ1) is 17.6. The van der Waals surface area contributed by atoms with Gasteiger partial charge in [0.1, 0.15) is 23.7 Å². The number of carbonyl (C=O) groups is 1. The molecule has 37 heavy (non-hydrogen) atoms. The largest absolute Gasteiger partial charge is 0.497 e. The Kier molecular flexibility index (Phi) is 8.31. The number of piperidine rings is 1. The summed E-state index contributed by atoms with van der Waals surface area (Å²) in [6.45, 7) is 9.15. The molecule has 2 aliphatic heterocycles. The van der Waals surface area contributed by atoms with Crippen molar-refractivity contribution in [3.63, 3.8) is 0 Å². The van der Waals surface area contributed by atoms with Crippen molar-refractivity contribution in [1.82, 2.24) is 9.80 Å². The lowest BCUT2D eigenvalue weighted by Gasteiger charge is -2.42. The number of amides is 1. The molecule has 0 aliphatic carbocycles. The number of nitrogens with zero attached hydrogens (tertiary/aromatic N) is 3. The van der Waals surface area contributed by atoms with Crippen molar-refractivity contribution >= 4 is 11.6 Å². The number of ether oxygens (including phenoxy) is 2. The summed E-state index contributed by atoms with van der Waals surface area (Å²) in [6.07, 6.45) is 1.24. The van der Waals surface area contributed by atoms with Crippen molar-refractivity contribution < 1.29 is 24.5 Å². The van der Waals surface area contributed by atoms with Gasteiger partial charge in [-0.2, -0.15) is 0 Å². The Morgan fingerprint density at radius 1 is 0.919 bits per heavy atom. The van der Waals surface area contributed by atoms with Crippen LogP contribution in [0.25, 0.3) is 0 Å². The van der Waals surface area contributed by atoms with E-state index in [4.69, 9.17) is 9.47 Å². The van der Waals surface area contributed by atoms with Gasteiger partial charge in [-0.3, -0.25) is 9.69 Å². The summed E-state index contributed by atoms with van der Waals surface area (Å²) >= 11 is 0. The number of rotatable bonds is 7. The van der Waals surface area contributed by atoms with Crippen LogP contribution in [0.4, 0.5) is 5.69 Å². The summed E-state index contributed by atoms with van der Waals surface area (Å²) < 4.78 is 11.4. The molecule has 2 heterocycles. The first kappa shape index (κ1) is 27.2. The second-order valence-corrected chi connectivity index (χ2v) is 10.9. The van der Waals surface area contributed by atoms with Gasteiger partial charge in [-0.1, -0.05) is 12.1 Å². The number of anilines is 1. The van der Waals surface area contributed by atoms with Crippen LogP contribution >= 0.6 is 0 Å². The standard InChI is InChI=1S/C29H41N3O5/c1-22-14-23(2)16-27(15-22)37-21-29(35)19-30(12-13-32(20-29)24(3)33)18-28(34)8-10-31(11-9-28)25-6-5-7-26(17-25)36-4/h5-7,14-17,34-35H,8-13,18-21H2,1-4H3. The van der Waals surface area contributed by atoms with Crippen LogP contribution in [0.2, 0.25) is 0 Å². The maximum Gasteiger partial charge on any atom is 0.219 e. The van der Waals surface area contributed by atoms with E-state index in [1.54, 1.807) is 12.0 Å². The van der Waals surface area contributed by atoms with Crippen LogP contribution in [0.3, 0.4) is 0 Å². The average Bonchev–Trinajstić information content (AvgIpc) is 3.01. The second kappa shape index (κ2) is 11.3. The summed E-state index contributed by atoms with van der Waals surface area (Å²) in [5.74, 6) is 1.46. The molecule has 1 atom stereocenters. The topological polar surface area (TPSA) is 85.7 Å². The Bertz CT molecular complexity index is 1060. The minimum absolute atomic E-state index is 0.0677. The van der Waals surface area contributed by atoms with Crippen LogP contribution < -0.4 is 14.4 Å². The molecule has 1 unspecified atom stereocenters. The van der Waals surface area contributed by atoms with Crippen molar-refractivity contribution in [2.75, 3.05) is 64.4 Å². The fraction of sp³-hybridized carbons (Fsp3) is 0.552. The Balaban J connectivity index is 1.41. The monoisotopic (exact) mass is 511 g/mol. The fourth-order valence-electron chi connectivity index (χ4n) is 5.53. The second-order valence-electron chi connectivity index (χ2n) is 10.9. The molecule has 2 aromatic carbocycles. The Morgan fingerprint density at radius 3 is 2.27 bits per heavy atom. The molecule has 2 aliphatic rings. The van der Waals surface area contributed by atoms with Crippen molar-refractivity contribution in [2.45, 2.75) is 44.8 Å². The van der Waals surface area contributed by atoms with Crippen molar-refractivity contribution in [2.24, 2.45) is 0 Å². The Morgan fingerprint density at radius 2 is 1.62 bits per heavy atom.